The Morgan fingerprint density at radius 1 is 0.974 bits per heavy atom. The lowest BCUT2D eigenvalue weighted by Crippen LogP contribution is -2.46. The summed E-state index contributed by atoms with van der Waals surface area (Å²) in [5.41, 5.74) is 1.53. The van der Waals surface area contributed by atoms with Crippen LogP contribution in [0, 0.1) is 0 Å². The molecule has 7 nitrogen and oxygen atoms in total. The molecule has 1 aromatic heterocycles. The van der Waals surface area contributed by atoms with E-state index in [0.717, 1.165) is 25.0 Å². The van der Waals surface area contributed by atoms with Crippen molar-refractivity contribution in [1.82, 2.24) is 19.5 Å². The van der Waals surface area contributed by atoms with Crippen molar-refractivity contribution in [2.24, 2.45) is 0 Å². The Morgan fingerprint density at radius 3 is 2.18 bits per heavy atom. The zero-order chi connectivity index (χ0) is 28.4. The summed E-state index contributed by atoms with van der Waals surface area (Å²) in [4.78, 5) is 0.110. The highest BCUT2D eigenvalue weighted by atomic mass is 32.2. The van der Waals surface area contributed by atoms with Crippen molar-refractivity contribution in [3.05, 3.63) is 60.7 Å². The zero-order valence-electron chi connectivity index (χ0n) is 20.7. The van der Waals surface area contributed by atoms with E-state index in [9.17, 15) is 34.8 Å². The third-order valence-electron chi connectivity index (χ3n) is 6.59. The number of alkyl halides is 6. The molecule has 1 heterocycles. The van der Waals surface area contributed by atoms with Crippen molar-refractivity contribution in [1.29, 1.82) is 0 Å². The molecule has 1 fully saturated rings. The number of halogens is 6. The Kier molecular flexibility index (Phi) is 8.26. The van der Waals surface area contributed by atoms with Crippen molar-refractivity contribution in [3.8, 4) is 16.9 Å². The second-order valence-corrected chi connectivity index (χ2v) is 11.0. The van der Waals surface area contributed by atoms with Gasteiger partial charge in [-0.3, -0.25) is 0 Å². The molecule has 1 aliphatic rings. The Labute approximate surface area is 221 Å². The van der Waals surface area contributed by atoms with Crippen LogP contribution in [0.25, 0.3) is 11.1 Å². The van der Waals surface area contributed by atoms with E-state index in [1.165, 1.54) is 18.2 Å². The third-order valence-corrected chi connectivity index (χ3v) is 8.21. The number of nitrogens with zero attached hydrogens (tertiary/aromatic N) is 3. The predicted molar refractivity (Wildman–Crippen MR) is 129 cm³/mol. The third kappa shape index (κ3) is 6.90. The fraction of sp³-hybridized carbons (Fsp3) is 0.440. The molecular weight excluding hydrogens is 550 g/mol. The fourth-order valence-electron chi connectivity index (χ4n) is 4.70. The Balaban J connectivity index is 1.50. The quantitative estimate of drug-likeness (QED) is 0.341. The Morgan fingerprint density at radius 2 is 1.59 bits per heavy atom. The normalized spacial score (nSPS) is 18.9. The summed E-state index contributed by atoms with van der Waals surface area (Å²) in [5, 5.41) is 7.63. The van der Waals surface area contributed by atoms with Gasteiger partial charge in [-0.05, 0) is 73.1 Å². The number of aryl methyl sites for hydroxylation is 1. The first kappa shape index (κ1) is 28.9. The van der Waals surface area contributed by atoms with Crippen LogP contribution in [0.4, 0.5) is 26.3 Å². The van der Waals surface area contributed by atoms with Crippen LogP contribution in [0.3, 0.4) is 0 Å². The fourth-order valence-corrected chi connectivity index (χ4v) is 6.28. The molecule has 0 unspecified atom stereocenters. The van der Waals surface area contributed by atoms with Crippen molar-refractivity contribution >= 4 is 10.0 Å². The van der Waals surface area contributed by atoms with Crippen LogP contribution in [0.2, 0.25) is 0 Å². The molecule has 4 rings (SSSR count). The van der Waals surface area contributed by atoms with E-state index in [2.05, 4.69) is 19.7 Å². The van der Waals surface area contributed by atoms with Gasteiger partial charge in [0.1, 0.15) is 18.4 Å². The summed E-state index contributed by atoms with van der Waals surface area (Å²) in [6.45, 7) is 1.78. The molecule has 0 aliphatic heterocycles. The molecule has 0 bridgehead atoms. The maximum Gasteiger partial charge on any atom is 0.434 e. The van der Waals surface area contributed by atoms with Crippen LogP contribution in [0.1, 0.15) is 44.2 Å². The molecule has 14 heteroatoms. The number of sulfonamides is 1. The maximum absolute atomic E-state index is 13.3. The molecule has 0 amide bonds. The summed E-state index contributed by atoms with van der Waals surface area (Å²) in [7, 11) is -3.87. The van der Waals surface area contributed by atoms with E-state index in [1.807, 2.05) is 4.57 Å². The number of ether oxygens (including phenoxy) is 1. The van der Waals surface area contributed by atoms with Crippen LogP contribution in [0.5, 0.6) is 5.75 Å². The number of nitrogens with one attached hydrogen (secondary N) is 1. The van der Waals surface area contributed by atoms with Crippen molar-refractivity contribution in [2.75, 3.05) is 0 Å². The average Bonchev–Trinajstić information content (AvgIpc) is 3.41. The molecule has 212 valence electrons. The molecular formula is C25H26F6N4O3S. The highest BCUT2D eigenvalue weighted by Crippen LogP contribution is 2.37. The minimum atomic E-state index is -5.63. The van der Waals surface area contributed by atoms with Crippen LogP contribution in [0.15, 0.2) is 60.0 Å². The van der Waals surface area contributed by atoms with Crippen molar-refractivity contribution in [2.45, 2.75) is 74.5 Å². The highest BCUT2D eigenvalue weighted by molar-refractivity contribution is 7.89. The first-order valence-electron chi connectivity index (χ1n) is 12.2. The van der Waals surface area contributed by atoms with E-state index in [4.69, 9.17) is 0 Å². The van der Waals surface area contributed by atoms with Gasteiger partial charge >= 0.3 is 12.4 Å². The van der Waals surface area contributed by atoms with Crippen molar-refractivity contribution in [3.63, 3.8) is 0 Å². The molecule has 0 radical (unpaired) electrons. The number of benzene rings is 2. The number of aromatic nitrogens is 3. The summed E-state index contributed by atoms with van der Waals surface area (Å²) in [5.74, 6) is -0.602. The summed E-state index contributed by atoms with van der Waals surface area (Å²) < 4.78 is 112. The second-order valence-electron chi connectivity index (χ2n) is 9.33. The van der Waals surface area contributed by atoms with Gasteiger partial charge in [-0.2, -0.15) is 26.3 Å². The Bertz CT molecular complexity index is 1350. The monoisotopic (exact) mass is 576 g/mol. The van der Waals surface area contributed by atoms with Gasteiger partial charge in [-0.25, -0.2) is 13.1 Å². The number of hydrogen-bond donors (Lipinski definition) is 1. The van der Waals surface area contributed by atoms with Gasteiger partial charge in [0.25, 0.3) is 6.10 Å². The summed E-state index contributed by atoms with van der Waals surface area (Å²) >= 11 is 0. The van der Waals surface area contributed by atoms with E-state index < -0.39 is 34.2 Å². The van der Waals surface area contributed by atoms with Gasteiger partial charge in [0.15, 0.2) is 0 Å². The SMILES string of the molecule is CCc1cc(-c2ccc(OC(C(F)(F)F)C(F)(F)F)cc2)ccc1S(=O)(=O)N[C@H]1CCC[C@@H](n2cnnc2)C1. The molecule has 1 aliphatic carbocycles. The second kappa shape index (κ2) is 11.2. The molecule has 0 saturated heterocycles. The molecule has 3 aromatic rings. The predicted octanol–water partition coefficient (Wildman–Crippen LogP) is 5.84. The van der Waals surface area contributed by atoms with Gasteiger partial charge in [0.05, 0.1) is 4.90 Å². The average molecular weight is 577 g/mol. The molecule has 0 spiro atoms. The molecule has 1 N–H and O–H groups in total. The van der Waals surface area contributed by atoms with Crippen LogP contribution < -0.4 is 9.46 Å². The maximum atomic E-state index is 13.3. The first-order chi connectivity index (χ1) is 18.3. The number of hydrogen-bond acceptors (Lipinski definition) is 5. The van der Waals surface area contributed by atoms with E-state index >= 15 is 0 Å². The lowest BCUT2D eigenvalue weighted by Gasteiger charge is -2.30. The van der Waals surface area contributed by atoms with Crippen molar-refractivity contribution < 1.29 is 39.5 Å². The van der Waals surface area contributed by atoms with Gasteiger partial charge in [-0.1, -0.05) is 25.1 Å². The Hall–Kier alpha value is -3.13. The number of rotatable bonds is 8. The minimum Gasteiger partial charge on any atom is -0.471 e. The summed E-state index contributed by atoms with van der Waals surface area (Å²) in [6.07, 6.45) is -8.60. The first-order valence-corrected chi connectivity index (χ1v) is 13.7. The van der Waals surface area contributed by atoms with Gasteiger partial charge in [0, 0.05) is 12.1 Å². The van der Waals surface area contributed by atoms with Crippen LogP contribution in [-0.2, 0) is 16.4 Å². The van der Waals surface area contributed by atoms with Gasteiger partial charge < -0.3 is 9.30 Å². The van der Waals surface area contributed by atoms with Crippen LogP contribution >= 0.6 is 0 Å². The van der Waals surface area contributed by atoms with Gasteiger partial charge in [-0.15, -0.1) is 10.2 Å². The zero-order valence-corrected chi connectivity index (χ0v) is 21.5. The van der Waals surface area contributed by atoms with E-state index in [0.29, 0.717) is 36.0 Å². The van der Waals surface area contributed by atoms with Crippen LogP contribution in [-0.4, -0.2) is 47.7 Å². The van der Waals surface area contributed by atoms with Gasteiger partial charge in [0.2, 0.25) is 10.0 Å². The lowest BCUT2D eigenvalue weighted by molar-refractivity contribution is -0.299. The minimum absolute atomic E-state index is 0.0870. The standard InChI is InChI=1S/C25H26F6N4O3S/c1-2-16-12-18(17-6-9-21(10-7-17)38-23(24(26,27)28)25(29,30)31)8-11-22(16)39(36,37)34-19-4-3-5-20(13-19)35-14-32-33-15-35/h6-12,14-15,19-20,23,34H,2-5,13H2,1H3/t19-,20+/m0/s1. The lowest BCUT2D eigenvalue weighted by atomic mass is 9.91. The van der Waals surface area contributed by atoms with E-state index in [-0.39, 0.29) is 17.0 Å². The smallest absolute Gasteiger partial charge is 0.434 e. The molecule has 2 aromatic carbocycles. The van der Waals surface area contributed by atoms with E-state index in [1.54, 1.807) is 31.7 Å². The largest absolute Gasteiger partial charge is 0.471 e. The molecule has 39 heavy (non-hydrogen) atoms. The summed E-state index contributed by atoms with van der Waals surface area (Å²) in [6, 6.07) is 9.08. The topological polar surface area (TPSA) is 86.1 Å². The molecule has 1 saturated carbocycles. The molecule has 2 atom stereocenters. The highest BCUT2D eigenvalue weighted by Gasteiger charge is 2.59.